The molecule has 3 aromatic heterocycles. The highest BCUT2D eigenvalue weighted by atomic mass is 15.2. The summed E-state index contributed by atoms with van der Waals surface area (Å²) < 4.78 is 2.11. The first-order chi connectivity index (χ1) is 12.9. The molecule has 6 nitrogen and oxygen atoms in total. The highest BCUT2D eigenvalue weighted by Gasteiger charge is 2.10. The van der Waals surface area contributed by atoms with Crippen LogP contribution in [-0.2, 0) is 19.6 Å². The van der Waals surface area contributed by atoms with Crippen molar-refractivity contribution in [3.8, 4) is 0 Å². The van der Waals surface area contributed by atoms with Crippen molar-refractivity contribution in [3.05, 3.63) is 78.9 Å². The van der Waals surface area contributed by atoms with E-state index in [0.29, 0.717) is 0 Å². The first-order valence-electron chi connectivity index (χ1n) is 8.87. The molecule has 4 rings (SSSR count). The van der Waals surface area contributed by atoms with Crippen molar-refractivity contribution in [1.29, 1.82) is 0 Å². The lowest BCUT2D eigenvalue weighted by Crippen LogP contribution is -2.25. The second-order valence-electron chi connectivity index (χ2n) is 6.43. The zero-order valence-corrected chi connectivity index (χ0v) is 14.6. The summed E-state index contributed by atoms with van der Waals surface area (Å²) in [6.07, 6.45) is 10.5. The molecule has 0 atom stereocenters. The number of nitrogens with one attached hydrogen (secondary N) is 1. The minimum atomic E-state index is 0.785. The molecule has 1 aromatic carbocycles. The van der Waals surface area contributed by atoms with Crippen LogP contribution in [0.15, 0.2) is 67.5 Å². The third-order valence-corrected chi connectivity index (χ3v) is 4.39. The lowest BCUT2D eigenvalue weighted by Gasteiger charge is -2.21. The highest BCUT2D eigenvalue weighted by molar-refractivity contribution is 5.74. The third-order valence-electron chi connectivity index (χ3n) is 4.39. The molecule has 0 saturated heterocycles. The van der Waals surface area contributed by atoms with Gasteiger partial charge in [0, 0.05) is 44.4 Å². The monoisotopic (exact) mass is 346 g/mol. The number of aromatic nitrogens is 5. The van der Waals surface area contributed by atoms with E-state index in [1.54, 1.807) is 0 Å². The van der Waals surface area contributed by atoms with Gasteiger partial charge in [-0.05, 0) is 30.2 Å². The topological polar surface area (TPSA) is 62.6 Å². The van der Waals surface area contributed by atoms with Gasteiger partial charge < -0.3 is 9.55 Å². The average Bonchev–Trinajstić information content (AvgIpc) is 3.31. The number of fused-ring (bicyclic) bond motifs is 1. The molecule has 0 fully saturated rings. The molecule has 0 aliphatic rings. The zero-order valence-electron chi connectivity index (χ0n) is 14.6. The second kappa shape index (κ2) is 7.93. The standard InChI is InChI=1S/C20H22N6/c1-2-7-19-18(6-1)23-20(24-19)15-26(14-17-5-3-8-21-13-17)11-4-10-25-12-9-22-16-25/h1-3,5-9,12-13,16H,4,10-11,14-15H2,(H,23,24). The average molecular weight is 346 g/mol. The largest absolute Gasteiger partial charge is 0.341 e. The molecule has 4 aromatic rings. The summed E-state index contributed by atoms with van der Waals surface area (Å²) >= 11 is 0. The zero-order chi connectivity index (χ0) is 17.6. The number of H-pyrrole nitrogens is 1. The van der Waals surface area contributed by atoms with E-state index in [1.165, 1.54) is 5.56 Å². The lowest BCUT2D eigenvalue weighted by molar-refractivity contribution is 0.243. The number of rotatable bonds is 8. The van der Waals surface area contributed by atoms with E-state index >= 15 is 0 Å². The Balaban J connectivity index is 1.45. The van der Waals surface area contributed by atoms with Crippen LogP contribution >= 0.6 is 0 Å². The van der Waals surface area contributed by atoms with E-state index in [4.69, 9.17) is 4.98 Å². The van der Waals surface area contributed by atoms with Crippen LogP contribution in [0, 0.1) is 0 Å². The smallest absolute Gasteiger partial charge is 0.121 e. The van der Waals surface area contributed by atoms with Crippen LogP contribution in [-0.4, -0.2) is 35.9 Å². The van der Waals surface area contributed by atoms with Crippen molar-refractivity contribution < 1.29 is 0 Å². The van der Waals surface area contributed by atoms with Gasteiger partial charge in [0.1, 0.15) is 5.82 Å². The Morgan fingerprint density at radius 3 is 2.77 bits per heavy atom. The van der Waals surface area contributed by atoms with Crippen molar-refractivity contribution in [2.24, 2.45) is 0 Å². The first kappa shape index (κ1) is 16.5. The highest BCUT2D eigenvalue weighted by Crippen LogP contribution is 2.14. The summed E-state index contributed by atoms with van der Waals surface area (Å²) in [6.45, 7) is 3.58. The van der Waals surface area contributed by atoms with Gasteiger partial charge in [0.25, 0.3) is 0 Å². The van der Waals surface area contributed by atoms with E-state index in [9.17, 15) is 0 Å². The molecule has 26 heavy (non-hydrogen) atoms. The molecule has 0 spiro atoms. The van der Waals surface area contributed by atoms with Crippen LogP contribution in [0.25, 0.3) is 11.0 Å². The Hall–Kier alpha value is -2.99. The van der Waals surface area contributed by atoms with E-state index in [1.807, 2.05) is 55.4 Å². The van der Waals surface area contributed by atoms with Crippen molar-refractivity contribution >= 4 is 11.0 Å². The molecule has 0 unspecified atom stereocenters. The maximum atomic E-state index is 4.72. The molecule has 3 heterocycles. The maximum absolute atomic E-state index is 4.72. The van der Waals surface area contributed by atoms with Crippen LogP contribution in [0.1, 0.15) is 17.8 Å². The molecule has 132 valence electrons. The lowest BCUT2D eigenvalue weighted by atomic mass is 10.2. The summed E-state index contributed by atoms with van der Waals surface area (Å²) in [5, 5.41) is 0. The Bertz CT molecular complexity index is 896. The number of benzene rings is 1. The fourth-order valence-corrected chi connectivity index (χ4v) is 3.15. The summed E-state index contributed by atoms with van der Waals surface area (Å²) in [4.78, 5) is 18.9. The first-order valence-corrected chi connectivity index (χ1v) is 8.87. The maximum Gasteiger partial charge on any atom is 0.121 e. The number of imidazole rings is 2. The van der Waals surface area contributed by atoms with Crippen LogP contribution < -0.4 is 0 Å². The van der Waals surface area contributed by atoms with Gasteiger partial charge in [-0.25, -0.2) is 9.97 Å². The van der Waals surface area contributed by atoms with E-state index in [0.717, 1.165) is 49.5 Å². The third kappa shape index (κ3) is 4.15. The van der Waals surface area contributed by atoms with E-state index in [2.05, 4.69) is 36.6 Å². The van der Waals surface area contributed by atoms with Gasteiger partial charge in [0.05, 0.1) is 23.9 Å². The molecule has 0 aliphatic carbocycles. The Morgan fingerprint density at radius 1 is 1.00 bits per heavy atom. The Labute approximate surface area is 152 Å². The summed E-state index contributed by atoms with van der Waals surface area (Å²) in [6, 6.07) is 12.3. The van der Waals surface area contributed by atoms with E-state index in [-0.39, 0.29) is 0 Å². The number of nitrogens with zero attached hydrogens (tertiary/aromatic N) is 5. The fraction of sp³-hybridized carbons (Fsp3) is 0.250. The second-order valence-corrected chi connectivity index (χ2v) is 6.43. The van der Waals surface area contributed by atoms with Crippen molar-refractivity contribution in [3.63, 3.8) is 0 Å². The minimum Gasteiger partial charge on any atom is -0.341 e. The predicted molar refractivity (Wildman–Crippen MR) is 101 cm³/mol. The molecular weight excluding hydrogens is 324 g/mol. The number of para-hydroxylation sites is 2. The van der Waals surface area contributed by atoms with Gasteiger partial charge in [-0.15, -0.1) is 0 Å². The van der Waals surface area contributed by atoms with Crippen molar-refractivity contribution in [2.45, 2.75) is 26.1 Å². The Kier molecular flexibility index (Phi) is 5.02. The van der Waals surface area contributed by atoms with Gasteiger partial charge in [-0.1, -0.05) is 18.2 Å². The van der Waals surface area contributed by atoms with Gasteiger partial charge >= 0.3 is 0 Å². The number of hydrogen-bond acceptors (Lipinski definition) is 4. The molecule has 0 radical (unpaired) electrons. The number of aryl methyl sites for hydroxylation is 1. The van der Waals surface area contributed by atoms with Crippen molar-refractivity contribution in [1.82, 2.24) is 29.4 Å². The normalized spacial score (nSPS) is 11.4. The molecule has 6 heteroatoms. The van der Waals surface area contributed by atoms with Gasteiger partial charge in [-0.3, -0.25) is 9.88 Å². The molecule has 0 amide bonds. The minimum absolute atomic E-state index is 0.785. The van der Waals surface area contributed by atoms with Crippen LogP contribution in [0.5, 0.6) is 0 Å². The predicted octanol–water partition coefficient (Wildman–Crippen LogP) is 3.25. The fourth-order valence-electron chi connectivity index (χ4n) is 3.15. The molecule has 1 N–H and O–H groups in total. The quantitative estimate of drug-likeness (QED) is 0.532. The SMILES string of the molecule is c1cncc(CN(CCCn2ccnc2)Cc2nc3ccccc3[nH]2)c1. The molecular formula is C20H22N6. The van der Waals surface area contributed by atoms with Crippen LogP contribution in [0.2, 0.25) is 0 Å². The van der Waals surface area contributed by atoms with Crippen LogP contribution in [0.3, 0.4) is 0 Å². The Morgan fingerprint density at radius 2 is 1.96 bits per heavy atom. The summed E-state index contributed by atoms with van der Waals surface area (Å²) in [5.41, 5.74) is 3.32. The number of aromatic amines is 1. The number of pyridine rings is 1. The molecule has 0 bridgehead atoms. The van der Waals surface area contributed by atoms with Gasteiger partial charge in [0.2, 0.25) is 0 Å². The summed E-state index contributed by atoms with van der Waals surface area (Å²) in [7, 11) is 0. The molecule has 0 saturated carbocycles. The number of hydrogen-bond donors (Lipinski definition) is 1. The van der Waals surface area contributed by atoms with Gasteiger partial charge in [0.15, 0.2) is 0 Å². The van der Waals surface area contributed by atoms with E-state index < -0.39 is 0 Å². The van der Waals surface area contributed by atoms with Crippen LogP contribution in [0.4, 0.5) is 0 Å². The van der Waals surface area contributed by atoms with Gasteiger partial charge in [-0.2, -0.15) is 0 Å². The summed E-state index contributed by atoms with van der Waals surface area (Å²) in [5.74, 6) is 0.998. The molecule has 0 aliphatic heterocycles. The van der Waals surface area contributed by atoms with Crippen molar-refractivity contribution in [2.75, 3.05) is 6.54 Å².